The second kappa shape index (κ2) is 4.72. The molecule has 0 radical (unpaired) electrons. The summed E-state index contributed by atoms with van der Waals surface area (Å²) in [4.78, 5) is 0. The zero-order valence-corrected chi connectivity index (χ0v) is 8.41. The molecule has 4 nitrogen and oxygen atoms in total. The van der Waals surface area contributed by atoms with E-state index in [9.17, 15) is 5.11 Å². The summed E-state index contributed by atoms with van der Waals surface area (Å²) in [6, 6.07) is 3.51. The second-order valence-corrected chi connectivity index (χ2v) is 2.89. The van der Waals surface area contributed by atoms with E-state index in [1.54, 1.807) is 12.1 Å². The van der Waals surface area contributed by atoms with Crippen LogP contribution in [-0.2, 0) is 6.42 Å². The third-order valence-electron chi connectivity index (χ3n) is 1.97. The Morgan fingerprint density at radius 1 is 1.21 bits per heavy atom. The van der Waals surface area contributed by atoms with Gasteiger partial charge in [0.25, 0.3) is 0 Å². The van der Waals surface area contributed by atoms with E-state index in [1.165, 1.54) is 14.2 Å². The first-order chi connectivity index (χ1) is 6.72. The lowest BCUT2D eigenvalue weighted by Gasteiger charge is -2.10. The Bertz CT molecular complexity index is 287. The van der Waals surface area contributed by atoms with E-state index < -0.39 is 0 Å². The quantitative estimate of drug-likeness (QED) is 0.753. The molecule has 78 valence electrons. The minimum absolute atomic E-state index is 0.0239. The van der Waals surface area contributed by atoms with E-state index in [0.29, 0.717) is 18.0 Å². The van der Waals surface area contributed by atoms with Crippen LogP contribution in [-0.4, -0.2) is 25.9 Å². The lowest BCUT2D eigenvalue weighted by atomic mass is 10.1. The van der Waals surface area contributed by atoms with Crippen molar-refractivity contribution in [3.05, 3.63) is 17.7 Å². The van der Waals surface area contributed by atoms with Crippen LogP contribution in [0.3, 0.4) is 0 Å². The van der Waals surface area contributed by atoms with E-state index in [1.807, 2.05) is 0 Å². The zero-order valence-electron chi connectivity index (χ0n) is 8.41. The number of phenolic OH excluding ortho intramolecular Hbond substituents is 1. The van der Waals surface area contributed by atoms with E-state index >= 15 is 0 Å². The smallest absolute Gasteiger partial charge is 0.200 e. The van der Waals surface area contributed by atoms with Crippen molar-refractivity contribution in [1.82, 2.24) is 0 Å². The maximum atomic E-state index is 9.60. The molecule has 1 rings (SSSR count). The number of methoxy groups -OCH3 is 2. The Morgan fingerprint density at radius 2 is 1.71 bits per heavy atom. The normalized spacial score (nSPS) is 9.93. The molecule has 0 unspecified atom stereocenters. The minimum atomic E-state index is 0.0239. The van der Waals surface area contributed by atoms with Crippen LogP contribution >= 0.6 is 0 Å². The third kappa shape index (κ3) is 2.09. The number of benzene rings is 1. The summed E-state index contributed by atoms with van der Waals surface area (Å²) in [5.41, 5.74) is 6.42. The number of aromatic hydroxyl groups is 1. The van der Waals surface area contributed by atoms with Crippen molar-refractivity contribution in [1.29, 1.82) is 0 Å². The van der Waals surface area contributed by atoms with Gasteiger partial charge in [0, 0.05) is 0 Å². The van der Waals surface area contributed by atoms with Gasteiger partial charge in [-0.15, -0.1) is 0 Å². The molecule has 1 aromatic carbocycles. The van der Waals surface area contributed by atoms with E-state index in [4.69, 9.17) is 15.2 Å². The van der Waals surface area contributed by atoms with Crippen molar-refractivity contribution in [2.75, 3.05) is 20.8 Å². The van der Waals surface area contributed by atoms with Gasteiger partial charge in [-0.2, -0.15) is 0 Å². The van der Waals surface area contributed by atoms with E-state index in [-0.39, 0.29) is 5.75 Å². The molecule has 0 saturated heterocycles. The molecule has 0 amide bonds. The molecule has 4 heteroatoms. The molecule has 3 N–H and O–H groups in total. The highest BCUT2D eigenvalue weighted by Crippen LogP contribution is 2.36. The molecule has 0 heterocycles. The summed E-state index contributed by atoms with van der Waals surface area (Å²) in [5.74, 6) is 0.844. The van der Waals surface area contributed by atoms with Gasteiger partial charge in [-0.05, 0) is 30.7 Å². The van der Waals surface area contributed by atoms with Crippen LogP contribution in [0.1, 0.15) is 5.56 Å². The Morgan fingerprint density at radius 3 is 2.07 bits per heavy atom. The van der Waals surface area contributed by atoms with Gasteiger partial charge in [-0.3, -0.25) is 0 Å². The summed E-state index contributed by atoms with van der Waals surface area (Å²) in [6.45, 7) is 0.553. The monoisotopic (exact) mass is 197 g/mol. The van der Waals surface area contributed by atoms with Gasteiger partial charge < -0.3 is 20.3 Å². The summed E-state index contributed by atoms with van der Waals surface area (Å²) in [5, 5.41) is 9.60. The molecule has 0 fully saturated rings. The highest BCUT2D eigenvalue weighted by molar-refractivity contribution is 5.52. The summed E-state index contributed by atoms with van der Waals surface area (Å²) >= 11 is 0. The lowest BCUT2D eigenvalue weighted by Crippen LogP contribution is -2.03. The average Bonchev–Trinajstić information content (AvgIpc) is 2.20. The van der Waals surface area contributed by atoms with Crippen LogP contribution in [0.2, 0.25) is 0 Å². The van der Waals surface area contributed by atoms with Crippen LogP contribution in [0.15, 0.2) is 12.1 Å². The van der Waals surface area contributed by atoms with Gasteiger partial charge in [-0.1, -0.05) is 0 Å². The summed E-state index contributed by atoms with van der Waals surface area (Å²) in [7, 11) is 3.00. The number of ether oxygens (including phenoxy) is 2. The first-order valence-electron chi connectivity index (χ1n) is 4.36. The molecule has 0 bridgehead atoms. The van der Waals surface area contributed by atoms with Crippen molar-refractivity contribution in [2.45, 2.75) is 6.42 Å². The fourth-order valence-electron chi connectivity index (χ4n) is 1.26. The second-order valence-electron chi connectivity index (χ2n) is 2.89. The topological polar surface area (TPSA) is 64.7 Å². The van der Waals surface area contributed by atoms with E-state index in [0.717, 1.165) is 12.0 Å². The molecule has 14 heavy (non-hydrogen) atoms. The van der Waals surface area contributed by atoms with E-state index in [2.05, 4.69) is 0 Å². The Labute approximate surface area is 83.3 Å². The van der Waals surface area contributed by atoms with Gasteiger partial charge in [0.1, 0.15) is 0 Å². The largest absolute Gasteiger partial charge is 0.502 e. The average molecular weight is 197 g/mol. The highest BCUT2D eigenvalue weighted by atomic mass is 16.5. The SMILES string of the molecule is COc1cc(CCN)cc(OC)c1O. The lowest BCUT2D eigenvalue weighted by molar-refractivity contribution is 0.339. The van der Waals surface area contributed by atoms with Crippen molar-refractivity contribution in [3.63, 3.8) is 0 Å². The van der Waals surface area contributed by atoms with Gasteiger partial charge >= 0.3 is 0 Å². The molecular weight excluding hydrogens is 182 g/mol. The molecule has 0 saturated carbocycles. The number of rotatable bonds is 4. The molecule has 0 aliphatic heterocycles. The van der Waals surface area contributed by atoms with Crippen LogP contribution < -0.4 is 15.2 Å². The molecular formula is C10H15NO3. The van der Waals surface area contributed by atoms with Crippen molar-refractivity contribution >= 4 is 0 Å². The summed E-state index contributed by atoms with van der Waals surface area (Å²) < 4.78 is 10.0. The molecule has 0 atom stereocenters. The minimum Gasteiger partial charge on any atom is -0.502 e. The first-order valence-corrected chi connectivity index (χ1v) is 4.36. The van der Waals surface area contributed by atoms with Crippen LogP contribution in [0.4, 0.5) is 0 Å². The molecule has 0 aliphatic carbocycles. The van der Waals surface area contributed by atoms with Crippen LogP contribution in [0, 0.1) is 0 Å². The van der Waals surface area contributed by atoms with Gasteiger partial charge in [0.2, 0.25) is 5.75 Å². The van der Waals surface area contributed by atoms with Crippen LogP contribution in [0.5, 0.6) is 17.2 Å². The van der Waals surface area contributed by atoms with Crippen molar-refractivity contribution < 1.29 is 14.6 Å². The number of hydrogen-bond acceptors (Lipinski definition) is 4. The molecule has 0 aromatic heterocycles. The van der Waals surface area contributed by atoms with Gasteiger partial charge in [-0.25, -0.2) is 0 Å². The Balaban J connectivity index is 3.11. The first kappa shape index (κ1) is 10.7. The standard InChI is InChI=1S/C10H15NO3/c1-13-8-5-7(3-4-11)6-9(14-2)10(8)12/h5-6,12H,3-4,11H2,1-2H3. The molecule has 1 aromatic rings. The van der Waals surface area contributed by atoms with Gasteiger partial charge in [0.05, 0.1) is 14.2 Å². The van der Waals surface area contributed by atoms with Crippen molar-refractivity contribution in [3.8, 4) is 17.2 Å². The maximum absolute atomic E-state index is 9.60. The highest BCUT2D eigenvalue weighted by Gasteiger charge is 2.10. The fourth-order valence-corrected chi connectivity index (χ4v) is 1.26. The Hall–Kier alpha value is -1.42. The number of nitrogens with two attached hydrogens (primary N) is 1. The van der Waals surface area contributed by atoms with Crippen LogP contribution in [0.25, 0.3) is 0 Å². The fraction of sp³-hybridized carbons (Fsp3) is 0.400. The predicted octanol–water partition coefficient (Wildman–Crippen LogP) is 0.911. The zero-order chi connectivity index (χ0) is 10.6. The van der Waals surface area contributed by atoms with Gasteiger partial charge in [0.15, 0.2) is 11.5 Å². The maximum Gasteiger partial charge on any atom is 0.200 e. The van der Waals surface area contributed by atoms with Crippen molar-refractivity contribution in [2.24, 2.45) is 5.73 Å². The predicted molar refractivity (Wildman–Crippen MR) is 54.0 cm³/mol. The third-order valence-corrected chi connectivity index (χ3v) is 1.97. The molecule has 0 spiro atoms. The molecule has 0 aliphatic rings. The Kier molecular flexibility index (Phi) is 3.59. The number of phenols is 1. The summed E-state index contributed by atoms with van der Waals surface area (Å²) in [6.07, 6.45) is 0.729. The number of hydrogen-bond donors (Lipinski definition) is 2.